The van der Waals surface area contributed by atoms with E-state index in [1.165, 1.54) is 37.1 Å². The summed E-state index contributed by atoms with van der Waals surface area (Å²) in [6.07, 6.45) is 4.23. The molecule has 0 amide bonds. The van der Waals surface area contributed by atoms with Crippen LogP contribution in [0.4, 0.5) is 5.69 Å². The molecule has 0 unspecified atom stereocenters. The molecule has 0 saturated heterocycles. The van der Waals surface area contributed by atoms with E-state index in [4.69, 9.17) is 5.73 Å². The zero-order valence-electron chi connectivity index (χ0n) is 9.45. The SMILES string of the molecule is CN(CC1CCC1)c1cccc(CN)c1. The second-order valence-electron chi connectivity index (χ2n) is 4.55. The maximum atomic E-state index is 5.64. The van der Waals surface area contributed by atoms with Crippen molar-refractivity contribution < 1.29 is 0 Å². The van der Waals surface area contributed by atoms with Crippen LogP contribution in [0.2, 0.25) is 0 Å². The number of nitrogens with two attached hydrogens (primary N) is 1. The van der Waals surface area contributed by atoms with Gasteiger partial charge in [0.2, 0.25) is 0 Å². The lowest BCUT2D eigenvalue weighted by Crippen LogP contribution is -2.29. The van der Waals surface area contributed by atoms with Crippen LogP contribution in [0, 0.1) is 5.92 Å². The van der Waals surface area contributed by atoms with Crippen LogP contribution in [0.3, 0.4) is 0 Å². The van der Waals surface area contributed by atoms with E-state index in [9.17, 15) is 0 Å². The summed E-state index contributed by atoms with van der Waals surface area (Å²) in [5, 5.41) is 0. The highest BCUT2D eigenvalue weighted by Crippen LogP contribution is 2.28. The van der Waals surface area contributed by atoms with Gasteiger partial charge in [-0.1, -0.05) is 18.6 Å². The van der Waals surface area contributed by atoms with E-state index < -0.39 is 0 Å². The Bertz CT molecular complexity index is 318. The molecule has 82 valence electrons. The van der Waals surface area contributed by atoms with Crippen LogP contribution in [0.1, 0.15) is 24.8 Å². The average Bonchev–Trinajstić information content (AvgIpc) is 2.23. The Balaban J connectivity index is 1.99. The zero-order chi connectivity index (χ0) is 10.7. The summed E-state index contributed by atoms with van der Waals surface area (Å²) >= 11 is 0. The molecule has 0 heterocycles. The van der Waals surface area contributed by atoms with Gasteiger partial charge in [-0.25, -0.2) is 0 Å². The molecule has 2 rings (SSSR count). The summed E-state index contributed by atoms with van der Waals surface area (Å²) < 4.78 is 0. The molecule has 2 heteroatoms. The molecule has 0 aromatic heterocycles. The third-order valence-corrected chi connectivity index (χ3v) is 3.34. The second-order valence-corrected chi connectivity index (χ2v) is 4.55. The topological polar surface area (TPSA) is 29.3 Å². The predicted molar refractivity (Wildman–Crippen MR) is 64.9 cm³/mol. The van der Waals surface area contributed by atoms with Gasteiger partial charge >= 0.3 is 0 Å². The molecule has 0 radical (unpaired) electrons. The smallest absolute Gasteiger partial charge is 0.0366 e. The van der Waals surface area contributed by atoms with Gasteiger partial charge in [-0.15, -0.1) is 0 Å². The van der Waals surface area contributed by atoms with Crippen molar-refractivity contribution in [3.05, 3.63) is 29.8 Å². The molecule has 0 aliphatic heterocycles. The maximum Gasteiger partial charge on any atom is 0.0366 e. The van der Waals surface area contributed by atoms with Crippen LogP contribution in [-0.4, -0.2) is 13.6 Å². The van der Waals surface area contributed by atoms with Crippen LogP contribution in [0.15, 0.2) is 24.3 Å². The standard InChI is InChI=1S/C13H20N2/c1-15(10-11-4-2-5-11)13-7-3-6-12(8-13)9-14/h3,6-8,11H,2,4-5,9-10,14H2,1H3. The highest BCUT2D eigenvalue weighted by molar-refractivity contribution is 5.47. The third kappa shape index (κ3) is 2.51. The number of nitrogens with zero attached hydrogens (tertiary/aromatic N) is 1. The van der Waals surface area contributed by atoms with Crippen molar-refractivity contribution in [1.82, 2.24) is 0 Å². The van der Waals surface area contributed by atoms with Gasteiger partial charge in [0.25, 0.3) is 0 Å². The Hall–Kier alpha value is -1.02. The molecule has 1 aliphatic carbocycles. The fourth-order valence-electron chi connectivity index (χ4n) is 2.09. The number of benzene rings is 1. The van der Waals surface area contributed by atoms with Gasteiger partial charge in [-0.2, -0.15) is 0 Å². The summed E-state index contributed by atoms with van der Waals surface area (Å²) in [6, 6.07) is 8.53. The van der Waals surface area contributed by atoms with E-state index in [-0.39, 0.29) is 0 Å². The quantitative estimate of drug-likeness (QED) is 0.816. The molecule has 1 saturated carbocycles. The van der Waals surface area contributed by atoms with Crippen molar-refractivity contribution in [3.8, 4) is 0 Å². The van der Waals surface area contributed by atoms with Crippen LogP contribution < -0.4 is 10.6 Å². The van der Waals surface area contributed by atoms with Crippen molar-refractivity contribution in [3.63, 3.8) is 0 Å². The summed E-state index contributed by atoms with van der Waals surface area (Å²) in [7, 11) is 2.17. The molecule has 2 nitrogen and oxygen atoms in total. The molecule has 0 bridgehead atoms. The van der Waals surface area contributed by atoms with Crippen molar-refractivity contribution >= 4 is 5.69 Å². The zero-order valence-corrected chi connectivity index (χ0v) is 9.45. The fourth-order valence-corrected chi connectivity index (χ4v) is 2.09. The Morgan fingerprint density at radius 1 is 1.40 bits per heavy atom. The molecule has 0 spiro atoms. The van der Waals surface area contributed by atoms with E-state index in [0.717, 1.165) is 5.92 Å². The first kappa shape index (κ1) is 10.5. The van der Waals surface area contributed by atoms with Gasteiger partial charge in [0.05, 0.1) is 0 Å². The van der Waals surface area contributed by atoms with Crippen molar-refractivity contribution in [2.24, 2.45) is 11.7 Å². The lowest BCUT2D eigenvalue weighted by atomic mass is 9.85. The highest BCUT2D eigenvalue weighted by atomic mass is 15.1. The first-order chi connectivity index (χ1) is 7.29. The molecule has 0 atom stereocenters. The molecule has 15 heavy (non-hydrogen) atoms. The van der Waals surface area contributed by atoms with Gasteiger partial charge in [-0.05, 0) is 36.5 Å². The van der Waals surface area contributed by atoms with E-state index >= 15 is 0 Å². The van der Waals surface area contributed by atoms with Gasteiger partial charge in [0, 0.05) is 25.8 Å². The summed E-state index contributed by atoms with van der Waals surface area (Å²) in [6.45, 7) is 1.82. The first-order valence-electron chi connectivity index (χ1n) is 5.79. The highest BCUT2D eigenvalue weighted by Gasteiger charge is 2.19. The molecule has 1 aromatic carbocycles. The van der Waals surface area contributed by atoms with Crippen LogP contribution in [-0.2, 0) is 6.54 Å². The Morgan fingerprint density at radius 2 is 2.20 bits per heavy atom. The first-order valence-corrected chi connectivity index (χ1v) is 5.79. The summed E-state index contributed by atoms with van der Waals surface area (Å²) in [5.74, 6) is 0.913. The Labute approximate surface area is 92.1 Å². The minimum atomic E-state index is 0.630. The van der Waals surface area contributed by atoms with E-state index in [1.807, 2.05) is 0 Å². The van der Waals surface area contributed by atoms with Gasteiger partial charge < -0.3 is 10.6 Å². The number of hydrogen-bond acceptors (Lipinski definition) is 2. The van der Waals surface area contributed by atoms with Crippen molar-refractivity contribution in [1.29, 1.82) is 0 Å². The molecule has 1 aromatic rings. The van der Waals surface area contributed by atoms with Gasteiger partial charge in [0.15, 0.2) is 0 Å². The Kier molecular flexibility index (Phi) is 3.27. The van der Waals surface area contributed by atoms with Crippen molar-refractivity contribution in [2.75, 3.05) is 18.5 Å². The lowest BCUT2D eigenvalue weighted by Gasteiger charge is -2.31. The summed E-state index contributed by atoms with van der Waals surface area (Å²) in [4.78, 5) is 2.35. The molecule has 1 fully saturated rings. The fraction of sp³-hybridized carbons (Fsp3) is 0.538. The van der Waals surface area contributed by atoms with Crippen LogP contribution in [0.25, 0.3) is 0 Å². The predicted octanol–water partition coefficient (Wildman–Crippen LogP) is 2.38. The molecular formula is C13H20N2. The van der Waals surface area contributed by atoms with E-state index in [1.54, 1.807) is 0 Å². The van der Waals surface area contributed by atoms with Crippen LogP contribution >= 0.6 is 0 Å². The third-order valence-electron chi connectivity index (χ3n) is 3.34. The van der Waals surface area contributed by atoms with Crippen molar-refractivity contribution in [2.45, 2.75) is 25.8 Å². The lowest BCUT2D eigenvalue weighted by molar-refractivity contribution is 0.321. The largest absolute Gasteiger partial charge is 0.374 e. The average molecular weight is 204 g/mol. The normalized spacial score (nSPS) is 16.1. The minimum Gasteiger partial charge on any atom is -0.374 e. The van der Waals surface area contributed by atoms with E-state index in [2.05, 4.69) is 36.2 Å². The maximum absolute atomic E-state index is 5.64. The number of anilines is 1. The summed E-state index contributed by atoms with van der Waals surface area (Å²) in [5.41, 5.74) is 8.15. The van der Waals surface area contributed by atoms with E-state index in [0.29, 0.717) is 6.54 Å². The molecule has 1 aliphatic rings. The van der Waals surface area contributed by atoms with Crippen LogP contribution in [0.5, 0.6) is 0 Å². The number of hydrogen-bond donors (Lipinski definition) is 1. The molecule has 2 N–H and O–H groups in total. The van der Waals surface area contributed by atoms with Gasteiger partial charge in [0.1, 0.15) is 0 Å². The minimum absolute atomic E-state index is 0.630. The Morgan fingerprint density at radius 3 is 2.80 bits per heavy atom. The molecular weight excluding hydrogens is 184 g/mol. The van der Waals surface area contributed by atoms with Gasteiger partial charge in [-0.3, -0.25) is 0 Å². The second kappa shape index (κ2) is 4.67. The monoisotopic (exact) mass is 204 g/mol. The number of rotatable bonds is 4.